The Hall–Kier alpha value is -0.550. The second kappa shape index (κ2) is 6.85. The molecule has 0 aromatic heterocycles. The Bertz CT molecular complexity index is 190. The summed E-state index contributed by atoms with van der Waals surface area (Å²) < 4.78 is 35.9. The topological polar surface area (TPSA) is 15.3 Å². The van der Waals surface area contributed by atoms with Crippen molar-refractivity contribution in [1.29, 1.82) is 0 Å². The summed E-state index contributed by atoms with van der Waals surface area (Å²) in [5.74, 6) is 0. The highest BCUT2D eigenvalue weighted by molar-refractivity contribution is 4.99. The molecule has 0 saturated heterocycles. The summed E-state index contributed by atoms with van der Waals surface area (Å²) in [7, 11) is 1.44. The Morgan fingerprint density at radius 1 is 1.40 bits per heavy atom. The molecule has 0 unspecified atom stereocenters. The zero-order chi connectivity index (χ0) is 11.9. The lowest BCUT2D eigenvalue weighted by Gasteiger charge is -2.19. The number of nitrogens with one attached hydrogen (secondary N) is 1. The molecule has 2 nitrogen and oxygen atoms in total. The molecule has 90 valence electrons. The van der Waals surface area contributed by atoms with Crippen LogP contribution >= 0.6 is 0 Å². The zero-order valence-electron chi connectivity index (χ0n) is 9.32. The first-order valence-electron chi connectivity index (χ1n) is 4.98. The molecule has 0 amide bonds. The van der Waals surface area contributed by atoms with E-state index in [-0.39, 0.29) is 6.54 Å². The summed E-state index contributed by atoms with van der Waals surface area (Å²) in [6.07, 6.45) is -3.13. The number of likely N-dealkylation sites (N-methyl/N-ethyl adjacent to an activating group) is 1. The summed E-state index contributed by atoms with van der Waals surface area (Å²) in [4.78, 5) is 1.22. The summed E-state index contributed by atoms with van der Waals surface area (Å²) in [5, 5.41) is 3.10. The molecule has 0 atom stereocenters. The van der Waals surface area contributed by atoms with Crippen LogP contribution in [0.3, 0.4) is 0 Å². The van der Waals surface area contributed by atoms with Crippen LogP contribution in [0.15, 0.2) is 12.2 Å². The predicted octanol–water partition coefficient (Wildman–Crippen LogP) is 2.04. The van der Waals surface area contributed by atoms with E-state index in [2.05, 4.69) is 11.9 Å². The van der Waals surface area contributed by atoms with Crippen LogP contribution in [0.4, 0.5) is 13.2 Å². The Morgan fingerprint density at radius 2 is 2.00 bits per heavy atom. The number of halogens is 3. The number of rotatable bonds is 7. The quantitative estimate of drug-likeness (QED) is 0.526. The molecule has 0 aromatic carbocycles. The Morgan fingerprint density at radius 3 is 2.47 bits per heavy atom. The number of alkyl halides is 3. The Balaban J connectivity index is 3.67. The van der Waals surface area contributed by atoms with E-state index in [0.29, 0.717) is 6.54 Å². The van der Waals surface area contributed by atoms with Crippen molar-refractivity contribution in [3.05, 3.63) is 12.2 Å². The standard InChI is InChI=1S/C10H19F3N2/c1-4-5-14-6-9(2)7-15(3)8-10(11,12)13/h14H,2,4-8H2,1,3H3. The monoisotopic (exact) mass is 224 g/mol. The van der Waals surface area contributed by atoms with Crippen LogP contribution in [0.25, 0.3) is 0 Å². The van der Waals surface area contributed by atoms with Gasteiger partial charge in [-0.25, -0.2) is 0 Å². The molecule has 0 aromatic rings. The van der Waals surface area contributed by atoms with Crippen molar-refractivity contribution < 1.29 is 13.2 Å². The summed E-state index contributed by atoms with van der Waals surface area (Å²) in [6.45, 7) is 6.59. The Kier molecular flexibility index (Phi) is 6.60. The highest BCUT2D eigenvalue weighted by Crippen LogP contribution is 2.15. The van der Waals surface area contributed by atoms with E-state index in [1.165, 1.54) is 11.9 Å². The van der Waals surface area contributed by atoms with Crippen molar-refractivity contribution in [3.8, 4) is 0 Å². The maximum Gasteiger partial charge on any atom is 0.401 e. The lowest BCUT2D eigenvalue weighted by molar-refractivity contribution is -0.142. The maximum atomic E-state index is 12.0. The van der Waals surface area contributed by atoms with Crippen LogP contribution in [0.2, 0.25) is 0 Å². The van der Waals surface area contributed by atoms with Gasteiger partial charge in [0.15, 0.2) is 0 Å². The lowest BCUT2D eigenvalue weighted by Crippen LogP contribution is -2.34. The van der Waals surface area contributed by atoms with Crippen molar-refractivity contribution in [2.75, 3.05) is 33.2 Å². The molecule has 0 aliphatic carbocycles. The first kappa shape index (κ1) is 14.5. The SMILES string of the molecule is C=C(CNCCC)CN(C)CC(F)(F)F. The van der Waals surface area contributed by atoms with E-state index >= 15 is 0 Å². The zero-order valence-corrected chi connectivity index (χ0v) is 9.32. The van der Waals surface area contributed by atoms with Gasteiger partial charge in [0, 0.05) is 13.1 Å². The van der Waals surface area contributed by atoms with E-state index in [0.717, 1.165) is 18.5 Å². The van der Waals surface area contributed by atoms with Gasteiger partial charge in [-0.15, -0.1) is 0 Å². The van der Waals surface area contributed by atoms with Crippen LogP contribution in [0, 0.1) is 0 Å². The van der Waals surface area contributed by atoms with Gasteiger partial charge >= 0.3 is 6.18 Å². The van der Waals surface area contributed by atoms with Gasteiger partial charge in [0.05, 0.1) is 6.54 Å². The van der Waals surface area contributed by atoms with E-state index in [1.807, 2.05) is 6.92 Å². The first-order chi connectivity index (χ1) is 6.85. The predicted molar refractivity (Wildman–Crippen MR) is 55.9 cm³/mol. The van der Waals surface area contributed by atoms with Crippen LogP contribution in [0.5, 0.6) is 0 Å². The van der Waals surface area contributed by atoms with Gasteiger partial charge in [0.25, 0.3) is 0 Å². The number of hydrogen-bond acceptors (Lipinski definition) is 2. The fraction of sp³-hybridized carbons (Fsp3) is 0.800. The van der Waals surface area contributed by atoms with E-state index in [4.69, 9.17) is 0 Å². The molecule has 0 fully saturated rings. The number of hydrogen-bond donors (Lipinski definition) is 1. The molecule has 0 heterocycles. The third-order valence-electron chi connectivity index (χ3n) is 1.74. The average molecular weight is 224 g/mol. The molecule has 15 heavy (non-hydrogen) atoms. The van der Waals surface area contributed by atoms with Gasteiger partial charge in [-0.1, -0.05) is 13.5 Å². The molecule has 0 spiro atoms. The van der Waals surface area contributed by atoms with Crippen molar-refractivity contribution >= 4 is 0 Å². The number of nitrogens with zero attached hydrogens (tertiary/aromatic N) is 1. The minimum absolute atomic E-state index is 0.274. The third-order valence-corrected chi connectivity index (χ3v) is 1.74. The van der Waals surface area contributed by atoms with Gasteiger partial charge < -0.3 is 5.32 Å². The highest BCUT2D eigenvalue weighted by atomic mass is 19.4. The second-order valence-corrected chi connectivity index (χ2v) is 3.71. The molecule has 0 aliphatic rings. The van der Waals surface area contributed by atoms with Gasteiger partial charge in [0.1, 0.15) is 0 Å². The fourth-order valence-corrected chi connectivity index (χ4v) is 1.24. The molecular formula is C10H19F3N2. The lowest BCUT2D eigenvalue weighted by atomic mass is 10.2. The fourth-order valence-electron chi connectivity index (χ4n) is 1.24. The van der Waals surface area contributed by atoms with Gasteiger partial charge in [-0.2, -0.15) is 13.2 Å². The van der Waals surface area contributed by atoms with Gasteiger partial charge in [0.2, 0.25) is 0 Å². The molecule has 0 aliphatic heterocycles. The highest BCUT2D eigenvalue weighted by Gasteiger charge is 2.28. The molecule has 0 rings (SSSR count). The molecular weight excluding hydrogens is 205 g/mol. The molecule has 0 saturated carbocycles. The third kappa shape index (κ3) is 9.75. The Labute approximate surface area is 89.1 Å². The molecule has 0 bridgehead atoms. The minimum atomic E-state index is -4.13. The largest absolute Gasteiger partial charge is 0.401 e. The van der Waals surface area contributed by atoms with Gasteiger partial charge in [-0.3, -0.25) is 4.90 Å². The van der Waals surface area contributed by atoms with Gasteiger partial charge in [-0.05, 0) is 25.6 Å². The van der Waals surface area contributed by atoms with E-state index in [9.17, 15) is 13.2 Å². The van der Waals surface area contributed by atoms with E-state index in [1.54, 1.807) is 0 Å². The van der Waals surface area contributed by atoms with Crippen LogP contribution in [-0.2, 0) is 0 Å². The van der Waals surface area contributed by atoms with Crippen molar-refractivity contribution in [2.24, 2.45) is 0 Å². The molecule has 1 N–H and O–H groups in total. The van der Waals surface area contributed by atoms with Crippen molar-refractivity contribution in [2.45, 2.75) is 19.5 Å². The summed E-state index contributed by atoms with van der Waals surface area (Å²) >= 11 is 0. The van der Waals surface area contributed by atoms with E-state index < -0.39 is 12.7 Å². The maximum absolute atomic E-state index is 12.0. The summed E-state index contributed by atoms with van der Waals surface area (Å²) in [6, 6.07) is 0. The first-order valence-corrected chi connectivity index (χ1v) is 4.98. The second-order valence-electron chi connectivity index (χ2n) is 3.71. The van der Waals surface area contributed by atoms with Crippen LogP contribution in [0.1, 0.15) is 13.3 Å². The van der Waals surface area contributed by atoms with Crippen molar-refractivity contribution in [3.63, 3.8) is 0 Å². The van der Waals surface area contributed by atoms with Crippen LogP contribution < -0.4 is 5.32 Å². The normalized spacial score (nSPS) is 12.1. The molecule has 0 radical (unpaired) electrons. The van der Waals surface area contributed by atoms with Crippen molar-refractivity contribution in [1.82, 2.24) is 10.2 Å². The average Bonchev–Trinajstić information content (AvgIpc) is 2.00. The minimum Gasteiger partial charge on any atom is -0.313 e. The smallest absolute Gasteiger partial charge is 0.313 e. The van der Waals surface area contributed by atoms with Crippen LogP contribution in [-0.4, -0.2) is 44.3 Å². The molecule has 5 heteroatoms. The summed E-state index contributed by atoms with van der Waals surface area (Å²) in [5.41, 5.74) is 0.773.